The molecule has 12 heteroatoms. The van der Waals surface area contributed by atoms with Gasteiger partial charge in [0.2, 0.25) is 5.88 Å². The second-order valence-corrected chi connectivity index (χ2v) is 7.95. The largest absolute Gasteiger partial charge is 0.508 e. The van der Waals surface area contributed by atoms with Crippen LogP contribution in [0.3, 0.4) is 0 Å². The molecule has 0 atom stereocenters. The molecule has 4 rings (SSSR count). The van der Waals surface area contributed by atoms with E-state index >= 15 is 0 Å². The summed E-state index contributed by atoms with van der Waals surface area (Å²) < 4.78 is 5.15. The Hall–Kier alpha value is -2.73. The number of hydrogen-bond donors (Lipinski definition) is 2. The first kappa shape index (κ1) is 20.5. The van der Waals surface area contributed by atoms with Crippen molar-refractivity contribution in [1.82, 2.24) is 24.9 Å². The van der Waals surface area contributed by atoms with Crippen LogP contribution in [0.25, 0.3) is 10.3 Å². The Bertz CT molecular complexity index is 1060. The summed E-state index contributed by atoms with van der Waals surface area (Å²) in [5.74, 6) is 0.564. The summed E-state index contributed by atoms with van der Waals surface area (Å²) in [7, 11) is 1.50. The van der Waals surface area contributed by atoms with Gasteiger partial charge >= 0.3 is 6.09 Å². The Balaban J connectivity index is 1.29. The zero-order chi connectivity index (χ0) is 21.1. The number of hydroxylamine groups is 2. The molecule has 1 aliphatic heterocycles. The van der Waals surface area contributed by atoms with Crippen LogP contribution in [0.1, 0.15) is 5.56 Å². The van der Waals surface area contributed by atoms with Crippen molar-refractivity contribution in [3.63, 3.8) is 0 Å². The van der Waals surface area contributed by atoms with E-state index in [0.29, 0.717) is 59.1 Å². The SMILES string of the molecule is COc1ncnc2sc(NC(=O)ON3CCN(Cc4cc(Cl)ccc4O)CC3)nc12. The fraction of sp³-hybridized carbons (Fsp3) is 0.333. The highest BCUT2D eigenvalue weighted by molar-refractivity contribution is 7.22. The number of carbonyl (C=O) groups excluding carboxylic acids is 1. The van der Waals surface area contributed by atoms with Crippen LogP contribution < -0.4 is 10.1 Å². The van der Waals surface area contributed by atoms with Gasteiger partial charge in [0.1, 0.15) is 12.1 Å². The minimum absolute atomic E-state index is 0.217. The lowest BCUT2D eigenvalue weighted by Gasteiger charge is -2.33. The highest BCUT2D eigenvalue weighted by Crippen LogP contribution is 2.29. The number of benzene rings is 1. The molecule has 0 saturated carbocycles. The number of halogens is 1. The molecule has 30 heavy (non-hydrogen) atoms. The maximum Gasteiger partial charge on any atom is 0.432 e. The molecule has 0 radical (unpaired) electrons. The van der Waals surface area contributed by atoms with Crippen molar-refractivity contribution in [1.29, 1.82) is 0 Å². The van der Waals surface area contributed by atoms with Crippen molar-refractivity contribution in [3.05, 3.63) is 35.1 Å². The number of aromatic nitrogens is 3. The van der Waals surface area contributed by atoms with E-state index in [1.54, 1.807) is 23.3 Å². The van der Waals surface area contributed by atoms with Crippen molar-refractivity contribution in [2.45, 2.75) is 6.54 Å². The summed E-state index contributed by atoms with van der Waals surface area (Å²) in [6.45, 7) is 2.99. The lowest BCUT2D eigenvalue weighted by Crippen LogP contribution is -2.46. The minimum Gasteiger partial charge on any atom is -0.508 e. The van der Waals surface area contributed by atoms with Crippen LogP contribution in [-0.4, -0.2) is 69.4 Å². The number of methoxy groups -OCH3 is 1. The van der Waals surface area contributed by atoms with Crippen molar-refractivity contribution in [3.8, 4) is 11.6 Å². The number of aromatic hydroxyl groups is 1. The van der Waals surface area contributed by atoms with E-state index in [4.69, 9.17) is 21.2 Å². The van der Waals surface area contributed by atoms with E-state index in [1.165, 1.54) is 24.8 Å². The number of nitrogens with zero attached hydrogens (tertiary/aromatic N) is 5. The predicted octanol–water partition coefficient (Wildman–Crippen LogP) is 2.74. The van der Waals surface area contributed by atoms with Gasteiger partial charge in [-0.25, -0.2) is 14.8 Å². The fourth-order valence-corrected chi connectivity index (χ4v) is 4.04. The Labute approximate surface area is 181 Å². The zero-order valence-electron chi connectivity index (χ0n) is 16.0. The van der Waals surface area contributed by atoms with Gasteiger partial charge in [-0.15, -0.1) is 5.06 Å². The van der Waals surface area contributed by atoms with Crippen molar-refractivity contribution in [2.75, 3.05) is 38.6 Å². The molecule has 2 N–H and O–H groups in total. The molecule has 158 valence electrons. The summed E-state index contributed by atoms with van der Waals surface area (Å²) in [5, 5.41) is 15.1. The van der Waals surface area contributed by atoms with E-state index in [-0.39, 0.29) is 5.75 Å². The van der Waals surface area contributed by atoms with Gasteiger partial charge in [0.15, 0.2) is 15.5 Å². The molecular formula is C18H19ClN6O4S. The number of amides is 1. The highest BCUT2D eigenvalue weighted by Gasteiger charge is 2.22. The van der Waals surface area contributed by atoms with Gasteiger partial charge in [-0.1, -0.05) is 22.9 Å². The minimum atomic E-state index is -0.623. The van der Waals surface area contributed by atoms with Crippen LogP contribution in [0.5, 0.6) is 11.6 Å². The molecule has 3 heterocycles. The third kappa shape index (κ3) is 4.70. The molecule has 1 fully saturated rings. The van der Waals surface area contributed by atoms with E-state index in [0.717, 1.165) is 5.56 Å². The number of thiazole rings is 1. The number of nitrogens with one attached hydrogen (secondary N) is 1. The molecule has 0 aliphatic carbocycles. The van der Waals surface area contributed by atoms with Crippen LogP contribution in [0.15, 0.2) is 24.5 Å². The first-order chi connectivity index (χ1) is 14.5. The number of fused-ring (bicyclic) bond motifs is 1. The Morgan fingerprint density at radius 1 is 1.30 bits per heavy atom. The predicted molar refractivity (Wildman–Crippen MR) is 112 cm³/mol. The topological polar surface area (TPSA) is 113 Å². The third-order valence-corrected chi connectivity index (χ3v) is 5.66. The molecule has 0 spiro atoms. The second kappa shape index (κ2) is 8.96. The van der Waals surface area contributed by atoms with Crippen LogP contribution >= 0.6 is 22.9 Å². The molecule has 1 amide bonds. The molecule has 0 unspecified atom stereocenters. The molecule has 3 aromatic rings. The fourth-order valence-electron chi connectivity index (χ4n) is 3.06. The summed E-state index contributed by atoms with van der Waals surface area (Å²) in [6.07, 6.45) is 0.756. The zero-order valence-corrected chi connectivity index (χ0v) is 17.6. The number of anilines is 1. The summed E-state index contributed by atoms with van der Waals surface area (Å²) in [4.78, 5) is 32.8. The summed E-state index contributed by atoms with van der Waals surface area (Å²) in [6, 6.07) is 4.99. The normalized spacial score (nSPS) is 15.3. The number of phenolic OH excluding ortho intramolecular Hbond substituents is 1. The number of piperazine rings is 1. The van der Waals surface area contributed by atoms with Crippen molar-refractivity contribution < 1.29 is 19.5 Å². The Morgan fingerprint density at radius 3 is 2.87 bits per heavy atom. The van der Waals surface area contributed by atoms with Crippen molar-refractivity contribution in [2.24, 2.45) is 0 Å². The molecule has 2 aromatic heterocycles. The van der Waals surface area contributed by atoms with Crippen molar-refractivity contribution >= 4 is 44.5 Å². The number of phenols is 1. The summed E-state index contributed by atoms with van der Waals surface area (Å²) in [5.41, 5.74) is 1.25. The summed E-state index contributed by atoms with van der Waals surface area (Å²) >= 11 is 7.21. The number of hydrogen-bond acceptors (Lipinski definition) is 10. The number of rotatable bonds is 5. The van der Waals surface area contributed by atoms with Crippen LogP contribution in [-0.2, 0) is 11.4 Å². The highest BCUT2D eigenvalue weighted by atomic mass is 35.5. The number of carbonyl (C=O) groups is 1. The van der Waals surface area contributed by atoms with Gasteiger partial charge in [0.05, 0.1) is 7.11 Å². The number of ether oxygens (including phenoxy) is 1. The maximum atomic E-state index is 12.2. The lowest BCUT2D eigenvalue weighted by molar-refractivity contribution is -0.119. The average molecular weight is 451 g/mol. The molecule has 10 nitrogen and oxygen atoms in total. The van der Waals surface area contributed by atoms with Gasteiger partial charge in [-0.3, -0.25) is 10.2 Å². The maximum absolute atomic E-state index is 12.2. The average Bonchev–Trinajstić information content (AvgIpc) is 3.14. The monoisotopic (exact) mass is 450 g/mol. The lowest BCUT2D eigenvalue weighted by atomic mass is 10.2. The Kier molecular flexibility index (Phi) is 6.13. The van der Waals surface area contributed by atoms with Crippen LogP contribution in [0, 0.1) is 0 Å². The molecular weight excluding hydrogens is 432 g/mol. The molecule has 1 aromatic carbocycles. The van der Waals surface area contributed by atoms with E-state index in [9.17, 15) is 9.90 Å². The molecule has 1 aliphatic rings. The van der Waals surface area contributed by atoms with Gasteiger partial charge < -0.3 is 14.7 Å². The molecule has 0 bridgehead atoms. The van der Waals surface area contributed by atoms with Crippen LogP contribution in [0.2, 0.25) is 5.02 Å². The quantitative estimate of drug-likeness (QED) is 0.605. The van der Waals surface area contributed by atoms with Gasteiger partial charge in [-0.05, 0) is 18.2 Å². The van der Waals surface area contributed by atoms with E-state index < -0.39 is 6.09 Å². The van der Waals surface area contributed by atoms with Gasteiger partial charge in [0.25, 0.3) is 0 Å². The van der Waals surface area contributed by atoms with Gasteiger partial charge in [-0.2, -0.15) is 4.98 Å². The van der Waals surface area contributed by atoms with E-state index in [1.807, 2.05) is 0 Å². The van der Waals surface area contributed by atoms with E-state index in [2.05, 4.69) is 25.2 Å². The standard InChI is InChI=1S/C18H19ClN6O4S/c1-28-15-14-16(21-10-20-15)30-17(22-14)23-18(27)29-25-6-4-24(5-7-25)9-11-8-12(19)2-3-13(11)26/h2-3,8,10,26H,4-7,9H2,1H3,(H,22,23,27). The van der Waals surface area contributed by atoms with Crippen LogP contribution in [0.4, 0.5) is 9.93 Å². The Morgan fingerprint density at radius 2 is 2.10 bits per heavy atom. The third-order valence-electron chi connectivity index (χ3n) is 4.54. The van der Waals surface area contributed by atoms with Gasteiger partial charge in [0, 0.05) is 43.3 Å². The first-order valence-corrected chi connectivity index (χ1v) is 10.3. The molecule has 1 saturated heterocycles. The second-order valence-electron chi connectivity index (χ2n) is 6.54. The first-order valence-electron chi connectivity index (χ1n) is 9.11. The smallest absolute Gasteiger partial charge is 0.432 e.